The van der Waals surface area contributed by atoms with E-state index in [0.29, 0.717) is 5.82 Å². The summed E-state index contributed by atoms with van der Waals surface area (Å²) < 4.78 is 5.44. The second kappa shape index (κ2) is 3.38. The van der Waals surface area contributed by atoms with E-state index in [2.05, 4.69) is 4.98 Å². The number of hydrogen-bond acceptors (Lipinski definition) is 3. The highest BCUT2D eigenvalue weighted by Crippen LogP contribution is 2.29. The molecule has 78 valence electrons. The third-order valence-electron chi connectivity index (χ3n) is 2.52. The van der Waals surface area contributed by atoms with E-state index in [9.17, 15) is 0 Å². The molecule has 0 fully saturated rings. The van der Waals surface area contributed by atoms with Gasteiger partial charge in [0.05, 0.1) is 0 Å². The molecule has 16 heavy (non-hydrogen) atoms. The largest absolute Gasteiger partial charge is 0.462 e. The minimum atomic E-state index is 0.506. The minimum Gasteiger partial charge on any atom is -0.462 e. The molecule has 2 N–H and O–H groups in total. The molecule has 3 rings (SSSR count). The van der Waals surface area contributed by atoms with Crippen molar-refractivity contribution in [1.82, 2.24) is 4.98 Å². The van der Waals surface area contributed by atoms with Gasteiger partial charge in [-0.2, -0.15) is 0 Å². The van der Waals surface area contributed by atoms with Crippen LogP contribution >= 0.6 is 0 Å². The Hall–Kier alpha value is -2.29. The zero-order chi connectivity index (χ0) is 11.0. The van der Waals surface area contributed by atoms with E-state index in [1.165, 1.54) is 0 Å². The van der Waals surface area contributed by atoms with E-state index in [4.69, 9.17) is 10.2 Å². The van der Waals surface area contributed by atoms with Crippen LogP contribution in [-0.2, 0) is 0 Å². The van der Waals surface area contributed by atoms with Crippen LogP contribution in [0, 0.1) is 0 Å². The Balaban J connectivity index is 2.29. The number of rotatable bonds is 1. The van der Waals surface area contributed by atoms with Gasteiger partial charge in [0.15, 0.2) is 5.58 Å². The SMILES string of the molecule is Nc1ccc2occ(-c3ccccc3)c2n1. The van der Waals surface area contributed by atoms with Crippen LogP contribution in [0.2, 0.25) is 0 Å². The summed E-state index contributed by atoms with van der Waals surface area (Å²) in [5.74, 6) is 0.506. The van der Waals surface area contributed by atoms with Crippen molar-refractivity contribution in [3.8, 4) is 11.1 Å². The number of pyridine rings is 1. The molecule has 0 saturated heterocycles. The number of aromatic nitrogens is 1. The molecule has 2 aromatic heterocycles. The highest BCUT2D eigenvalue weighted by molar-refractivity contribution is 5.91. The predicted octanol–water partition coefficient (Wildman–Crippen LogP) is 3.08. The standard InChI is InChI=1S/C13H10N2O/c14-12-7-6-11-13(15-12)10(8-16-11)9-4-2-1-3-5-9/h1-8H,(H2,14,15). The molecule has 0 aliphatic heterocycles. The number of hydrogen-bond donors (Lipinski definition) is 1. The maximum absolute atomic E-state index is 5.68. The van der Waals surface area contributed by atoms with Gasteiger partial charge in [-0.05, 0) is 17.7 Å². The van der Waals surface area contributed by atoms with Gasteiger partial charge in [-0.25, -0.2) is 4.98 Å². The van der Waals surface area contributed by atoms with E-state index in [0.717, 1.165) is 22.2 Å². The summed E-state index contributed by atoms with van der Waals surface area (Å²) >= 11 is 0. The summed E-state index contributed by atoms with van der Waals surface area (Å²) in [5, 5.41) is 0. The van der Waals surface area contributed by atoms with Crippen LogP contribution in [0.15, 0.2) is 53.1 Å². The summed E-state index contributed by atoms with van der Waals surface area (Å²) in [6.07, 6.45) is 1.71. The zero-order valence-corrected chi connectivity index (χ0v) is 8.55. The first-order valence-corrected chi connectivity index (χ1v) is 5.04. The molecule has 0 unspecified atom stereocenters. The lowest BCUT2D eigenvalue weighted by atomic mass is 10.1. The fourth-order valence-corrected chi connectivity index (χ4v) is 1.75. The molecule has 0 radical (unpaired) electrons. The Morgan fingerprint density at radius 2 is 1.81 bits per heavy atom. The van der Waals surface area contributed by atoms with Crippen molar-refractivity contribution < 1.29 is 4.42 Å². The maximum atomic E-state index is 5.68. The van der Waals surface area contributed by atoms with E-state index < -0.39 is 0 Å². The lowest BCUT2D eigenvalue weighted by molar-refractivity contribution is 0.616. The van der Waals surface area contributed by atoms with Gasteiger partial charge >= 0.3 is 0 Å². The van der Waals surface area contributed by atoms with E-state index in [1.807, 2.05) is 36.4 Å². The average molecular weight is 210 g/mol. The van der Waals surface area contributed by atoms with Crippen LogP contribution in [0.5, 0.6) is 0 Å². The van der Waals surface area contributed by atoms with Crippen molar-refractivity contribution in [2.45, 2.75) is 0 Å². The van der Waals surface area contributed by atoms with E-state index in [1.54, 1.807) is 12.3 Å². The van der Waals surface area contributed by atoms with E-state index in [-0.39, 0.29) is 0 Å². The van der Waals surface area contributed by atoms with Gasteiger partial charge in [0.2, 0.25) is 0 Å². The summed E-state index contributed by atoms with van der Waals surface area (Å²) in [6.45, 7) is 0. The summed E-state index contributed by atoms with van der Waals surface area (Å²) in [7, 11) is 0. The number of nitrogens with two attached hydrogens (primary N) is 1. The molecule has 3 heteroatoms. The van der Waals surface area contributed by atoms with Crippen molar-refractivity contribution in [2.75, 3.05) is 5.73 Å². The van der Waals surface area contributed by atoms with Gasteiger partial charge in [0.25, 0.3) is 0 Å². The van der Waals surface area contributed by atoms with Gasteiger partial charge in [-0.1, -0.05) is 30.3 Å². The van der Waals surface area contributed by atoms with Crippen LogP contribution in [0.4, 0.5) is 5.82 Å². The molecule has 0 atom stereocenters. The van der Waals surface area contributed by atoms with Crippen LogP contribution < -0.4 is 5.73 Å². The lowest BCUT2D eigenvalue weighted by Gasteiger charge is -1.97. The highest BCUT2D eigenvalue weighted by atomic mass is 16.3. The second-order valence-electron chi connectivity index (χ2n) is 3.60. The molecule has 0 amide bonds. The molecule has 0 saturated carbocycles. The monoisotopic (exact) mass is 210 g/mol. The third-order valence-corrected chi connectivity index (χ3v) is 2.52. The smallest absolute Gasteiger partial charge is 0.153 e. The Morgan fingerprint density at radius 3 is 2.62 bits per heavy atom. The number of nitrogens with zero attached hydrogens (tertiary/aromatic N) is 1. The highest BCUT2D eigenvalue weighted by Gasteiger charge is 2.08. The maximum Gasteiger partial charge on any atom is 0.153 e. The zero-order valence-electron chi connectivity index (χ0n) is 8.55. The van der Waals surface area contributed by atoms with Gasteiger partial charge < -0.3 is 10.2 Å². The molecule has 0 spiro atoms. The lowest BCUT2D eigenvalue weighted by Crippen LogP contribution is -1.88. The Kier molecular flexibility index (Phi) is 1.90. The van der Waals surface area contributed by atoms with Gasteiger partial charge in [-0.3, -0.25) is 0 Å². The fraction of sp³-hybridized carbons (Fsp3) is 0. The van der Waals surface area contributed by atoms with Crippen molar-refractivity contribution in [3.05, 3.63) is 48.7 Å². The van der Waals surface area contributed by atoms with Crippen molar-refractivity contribution >= 4 is 16.9 Å². The molecule has 3 nitrogen and oxygen atoms in total. The quantitative estimate of drug-likeness (QED) is 0.671. The molecule has 1 aromatic carbocycles. The van der Waals surface area contributed by atoms with Crippen molar-refractivity contribution in [2.24, 2.45) is 0 Å². The van der Waals surface area contributed by atoms with E-state index >= 15 is 0 Å². The van der Waals surface area contributed by atoms with Crippen LogP contribution in [0.25, 0.3) is 22.2 Å². The topological polar surface area (TPSA) is 52.0 Å². The molecule has 0 aliphatic carbocycles. The average Bonchev–Trinajstić information content (AvgIpc) is 2.73. The third kappa shape index (κ3) is 1.34. The van der Waals surface area contributed by atoms with Crippen molar-refractivity contribution in [3.63, 3.8) is 0 Å². The molecule has 2 heterocycles. The minimum absolute atomic E-state index is 0.506. The Bertz CT molecular complexity index is 629. The van der Waals surface area contributed by atoms with Gasteiger partial charge in [0.1, 0.15) is 17.6 Å². The second-order valence-corrected chi connectivity index (χ2v) is 3.60. The summed E-state index contributed by atoms with van der Waals surface area (Å²) in [6, 6.07) is 13.6. The van der Waals surface area contributed by atoms with Crippen LogP contribution in [-0.4, -0.2) is 4.98 Å². The Labute approximate surface area is 92.5 Å². The predicted molar refractivity (Wildman–Crippen MR) is 63.9 cm³/mol. The van der Waals surface area contributed by atoms with Gasteiger partial charge in [-0.15, -0.1) is 0 Å². The number of anilines is 1. The Morgan fingerprint density at radius 1 is 1.00 bits per heavy atom. The number of benzene rings is 1. The van der Waals surface area contributed by atoms with Crippen molar-refractivity contribution in [1.29, 1.82) is 0 Å². The first-order valence-electron chi connectivity index (χ1n) is 5.04. The van der Waals surface area contributed by atoms with Crippen LogP contribution in [0.3, 0.4) is 0 Å². The summed E-state index contributed by atoms with van der Waals surface area (Å²) in [5.41, 5.74) is 9.30. The molecule has 0 bridgehead atoms. The first-order chi connectivity index (χ1) is 7.84. The summed E-state index contributed by atoms with van der Waals surface area (Å²) in [4.78, 5) is 4.30. The van der Waals surface area contributed by atoms with Gasteiger partial charge in [0, 0.05) is 5.56 Å². The normalized spacial score (nSPS) is 10.8. The van der Waals surface area contributed by atoms with Crippen LogP contribution in [0.1, 0.15) is 0 Å². The first kappa shape index (κ1) is 8.97. The molecular formula is C13H10N2O. The number of nitrogen functional groups attached to an aromatic ring is 1. The number of fused-ring (bicyclic) bond motifs is 1. The fourth-order valence-electron chi connectivity index (χ4n) is 1.75. The number of furan rings is 1. The molecule has 0 aliphatic rings. The molecular weight excluding hydrogens is 200 g/mol. The molecule has 3 aromatic rings.